The van der Waals surface area contributed by atoms with Crippen molar-refractivity contribution in [2.45, 2.75) is 13.5 Å². The molecular weight excluding hydrogens is 164 g/mol. The van der Waals surface area contributed by atoms with Crippen LogP contribution in [0.1, 0.15) is 18.1 Å². The second kappa shape index (κ2) is 4.67. The van der Waals surface area contributed by atoms with E-state index in [-0.39, 0.29) is 6.61 Å². The van der Waals surface area contributed by atoms with Gasteiger partial charge in [-0.25, -0.2) is 0 Å². The number of hydrogen-bond donors (Lipinski definition) is 1. The van der Waals surface area contributed by atoms with Crippen LogP contribution in [0.3, 0.4) is 0 Å². The molecular formula is C11H14O2. The lowest BCUT2D eigenvalue weighted by Gasteiger charge is -2.05. The van der Waals surface area contributed by atoms with Crippen LogP contribution in [-0.2, 0) is 6.61 Å². The highest BCUT2D eigenvalue weighted by Crippen LogP contribution is 2.18. The van der Waals surface area contributed by atoms with E-state index in [0.717, 1.165) is 16.9 Å². The standard InChI is InChI=1S/C11H14O2/c1-3-4-9-5-6-11(13-2)7-10(9)8-12/h3-7,12H,8H2,1-2H3/b4-3+. The van der Waals surface area contributed by atoms with Crippen LogP contribution in [0, 0.1) is 0 Å². The third-order valence-corrected chi connectivity index (χ3v) is 1.87. The Morgan fingerprint density at radius 2 is 2.23 bits per heavy atom. The van der Waals surface area contributed by atoms with Crippen LogP contribution in [0.15, 0.2) is 24.3 Å². The monoisotopic (exact) mass is 178 g/mol. The van der Waals surface area contributed by atoms with Crippen molar-refractivity contribution in [3.05, 3.63) is 35.4 Å². The van der Waals surface area contributed by atoms with E-state index in [9.17, 15) is 0 Å². The van der Waals surface area contributed by atoms with Gasteiger partial charge in [0, 0.05) is 0 Å². The van der Waals surface area contributed by atoms with Crippen molar-refractivity contribution >= 4 is 6.08 Å². The van der Waals surface area contributed by atoms with E-state index in [1.807, 2.05) is 37.3 Å². The summed E-state index contributed by atoms with van der Waals surface area (Å²) < 4.78 is 5.05. The summed E-state index contributed by atoms with van der Waals surface area (Å²) in [4.78, 5) is 0. The molecule has 0 unspecified atom stereocenters. The Balaban J connectivity index is 3.07. The quantitative estimate of drug-likeness (QED) is 0.769. The molecule has 70 valence electrons. The first-order valence-corrected chi connectivity index (χ1v) is 4.22. The Bertz CT molecular complexity index is 303. The molecule has 13 heavy (non-hydrogen) atoms. The first-order chi connectivity index (χ1) is 6.31. The average molecular weight is 178 g/mol. The third-order valence-electron chi connectivity index (χ3n) is 1.87. The molecule has 0 aliphatic carbocycles. The molecule has 0 fully saturated rings. The number of methoxy groups -OCH3 is 1. The fourth-order valence-electron chi connectivity index (χ4n) is 1.19. The third kappa shape index (κ3) is 2.33. The van der Waals surface area contributed by atoms with Gasteiger partial charge in [0.05, 0.1) is 13.7 Å². The second-order valence-electron chi connectivity index (χ2n) is 2.72. The lowest BCUT2D eigenvalue weighted by atomic mass is 10.1. The van der Waals surface area contributed by atoms with E-state index in [4.69, 9.17) is 9.84 Å². The number of allylic oxidation sites excluding steroid dienone is 1. The zero-order chi connectivity index (χ0) is 9.68. The van der Waals surface area contributed by atoms with Crippen LogP contribution in [0.4, 0.5) is 0 Å². The van der Waals surface area contributed by atoms with E-state index in [1.54, 1.807) is 7.11 Å². The zero-order valence-electron chi connectivity index (χ0n) is 7.95. The summed E-state index contributed by atoms with van der Waals surface area (Å²) in [7, 11) is 1.62. The maximum absolute atomic E-state index is 9.08. The van der Waals surface area contributed by atoms with Crippen LogP contribution >= 0.6 is 0 Å². The largest absolute Gasteiger partial charge is 0.497 e. The van der Waals surface area contributed by atoms with Gasteiger partial charge < -0.3 is 9.84 Å². The molecule has 2 heteroatoms. The number of benzene rings is 1. The molecule has 0 spiro atoms. The molecule has 0 heterocycles. The predicted molar refractivity (Wildman–Crippen MR) is 53.6 cm³/mol. The number of aliphatic hydroxyl groups excluding tert-OH is 1. The molecule has 1 rings (SSSR count). The van der Waals surface area contributed by atoms with Gasteiger partial charge in [0.1, 0.15) is 5.75 Å². The summed E-state index contributed by atoms with van der Waals surface area (Å²) in [6, 6.07) is 5.66. The van der Waals surface area contributed by atoms with Crippen molar-refractivity contribution in [1.29, 1.82) is 0 Å². The number of rotatable bonds is 3. The summed E-state index contributed by atoms with van der Waals surface area (Å²) in [6.07, 6.45) is 3.91. The van der Waals surface area contributed by atoms with Gasteiger partial charge in [0.15, 0.2) is 0 Å². The second-order valence-corrected chi connectivity index (χ2v) is 2.72. The van der Waals surface area contributed by atoms with E-state index in [1.165, 1.54) is 0 Å². The summed E-state index contributed by atoms with van der Waals surface area (Å²) >= 11 is 0. The molecule has 0 saturated heterocycles. The fraction of sp³-hybridized carbons (Fsp3) is 0.273. The smallest absolute Gasteiger partial charge is 0.119 e. The SMILES string of the molecule is C/C=C/c1ccc(OC)cc1CO. The van der Waals surface area contributed by atoms with Gasteiger partial charge in [-0.05, 0) is 30.2 Å². The van der Waals surface area contributed by atoms with Crippen molar-refractivity contribution < 1.29 is 9.84 Å². The molecule has 0 saturated carbocycles. The van der Waals surface area contributed by atoms with E-state index in [2.05, 4.69) is 0 Å². The minimum absolute atomic E-state index is 0.0386. The molecule has 0 bridgehead atoms. The van der Waals surface area contributed by atoms with Gasteiger partial charge in [-0.15, -0.1) is 0 Å². The summed E-state index contributed by atoms with van der Waals surface area (Å²) in [5.74, 6) is 0.775. The highest BCUT2D eigenvalue weighted by Gasteiger charge is 1.99. The lowest BCUT2D eigenvalue weighted by Crippen LogP contribution is -1.90. The van der Waals surface area contributed by atoms with Crippen LogP contribution in [-0.4, -0.2) is 12.2 Å². The van der Waals surface area contributed by atoms with Gasteiger partial charge in [-0.1, -0.05) is 18.2 Å². The molecule has 1 aromatic rings. The van der Waals surface area contributed by atoms with Crippen LogP contribution < -0.4 is 4.74 Å². The minimum Gasteiger partial charge on any atom is -0.497 e. The number of ether oxygens (including phenoxy) is 1. The number of hydrogen-bond acceptors (Lipinski definition) is 2. The van der Waals surface area contributed by atoms with Gasteiger partial charge >= 0.3 is 0 Å². The van der Waals surface area contributed by atoms with Crippen molar-refractivity contribution in [3.8, 4) is 5.75 Å². The van der Waals surface area contributed by atoms with E-state index < -0.39 is 0 Å². The van der Waals surface area contributed by atoms with Gasteiger partial charge in [0.2, 0.25) is 0 Å². The van der Waals surface area contributed by atoms with Gasteiger partial charge in [-0.3, -0.25) is 0 Å². The van der Waals surface area contributed by atoms with Crippen molar-refractivity contribution in [2.75, 3.05) is 7.11 Å². The van der Waals surface area contributed by atoms with E-state index >= 15 is 0 Å². The van der Waals surface area contributed by atoms with Crippen molar-refractivity contribution in [2.24, 2.45) is 0 Å². The predicted octanol–water partition coefficient (Wildman–Crippen LogP) is 2.22. The fourth-order valence-corrected chi connectivity index (χ4v) is 1.19. The Morgan fingerprint density at radius 3 is 2.77 bits per heavy atom. The Kier molecular flexibility index (Phi) is 3.53. The van der Waals surface area contributed by atoms with Crippen molar-refractivity contribution in [1.82, 2.24) is 0 Å². The Morgan fingerprint density at radius 1 is 1.46 bits per heavy atom. The zero-order valence-corrected chi connectivity index (χ0v) is 7.95. The van der Waals surface area contributed by atoms with Crippen LogP contribution in [0.25, 0.3) is 6.08 Å². The number of aliphatic hydroxyl groups is 1. The van der Waals surface area contributed by atoms with Crippen molar-refractivity contribution in [3.63, 3.8) is 0 Å². The first kappa shape index (κ1) is 9.81. The summed E-state index contributed by atoms with van der Waals surface area (Å²) in [6.45, 7) is 1.99. The lowest BCUT2D eigenvalue weighted by molar-refractivity contribution is 0.280. The molecule has 1 aromatic carbocycles. The van der Waals surface area contributed by atoms with Crippen LogP contribution in [0.5, 0.6) is 5.75 Å². The molecule has 0 aromatic heterocycles. The first-order valence-electron chi connectivity index (χ1n) is 4.22. The van der Waals surface area contributed by atoms with Crippen LogP contribution in [0.2, 0.25) is 0 Å². The average Bonchev–Trinajstić information content (AvgIpc) is 2.19. The molecule has 0 aliphatic heterocycles. The summed E-state index contributed by atoms with van der Waals surface area (Å²) in [5.41, 5.74) is 1.92. The molecule has 0 atom stereocenters. The van der Waals surface area contributed by atoms with Gasteiger partial charge in [-0.2, -0.15) is 0 Å². The molecule has 1 N–H and O–H groups in total. The Hall–Kier alpha value is -1.28. The Labute approximate surface area is 78.5 Å². The maximum Gasteiger partial charge on any atom is 0.119 e. The summed E-state index contributed by atoms with van der Waals surface area (Å²) in [5, 5.41) is 9.08. The molecule has 0 amide bonds. The van der Waals surface area contributed by atoms with Gasteiger partial charge in [0.25, 0.3) is 0 Å². The normalized spacial score (nSPS) is 10.7. The molecule has 0 radical (unpaired) electrons. The maximum atomic E-state index is 9.08. The topological polar surface area (TPSA) is 29.5 Å². The minimum atomic E-state index is 0.0386. The molecule has 0 aliphatic rings. The highest BCUT2D eigenvalue weighted by atomic mass is 16.5. The molecule has 2 nitrogen and oxygen atoms in total. The van der Waals surface area contributed by atoms with E-state index in [0.29, 0.717) is 0 Å². The highest BCUT2D eigenvalue weighted by molar-refractivity contribution is 5.55.